The molecule has 2 rings (SSSR count). The zero-order valence-corrected chi connectivity index (χ0v) is 12.4. The third-order valence-corrected chi connectivity index (χ3v) is 3.65. The molecule has 0 amide bonds. The maximum Gasteiger partial charge on any atom is 0.408 e. The Morgan fingerprint density at radius 3 is 2.32 bits per heavy atom. The number of benzene rings is 1. The van der Waals surface area contributed by atoms with Crippen LogP contribution in [0.1, 0.15) is 11.6 Å². The van der Waals surface area contributed by atoms with E-state index in [1.54, 1.807) is 0 Å². The molecule has 0 spiro atoms. The van der Waals surface area contributed by atoms with Crippen molar-refractivity contribution in [3.05, 3.63) is 17.7 Å². The number of rotatable bonds is 4. The summed E-state index contributed by atoms with van der Waals surface area (Å²) in [5.74, 6) is -0.297. The first-order valence-electron chi connectivity index (χ1n) is 6.85. The normalized spacial score (nSPS) is 18.0. The van der Waals surface area contributed by atoms with Crippen LogP contribution in [0, 0.1) is 0 Å². The number of phenols is 1. The molecule has 0 bridgehead atoms. The van der Waals surface area contributed by atoms with E-state index >= 15 is 0 Å². The van der Waals surface area contributed by atoms with Gasteiger partial charge >= 0.3 is 6.18 Å². The van der Waals surface area contributed by atoms with E-state index in [0.717, 1.165) is 0 Å². The van der Waals surface area contributed by atoms with E-state index in [1.165, 1.54) is 31.3 Å². The molecule has 1 saturated heterocycles. The molecule has 0 aromatic heterocycles. The zero-order chi connectivity index (χ0) is 16.3. The number of nitrogens with one attached hydrogen (secondary N) is 1. The Kier molecular flexibility index (Phi) is 5.02. The third-order valence-electron chi connectivity index (χ3n) is 3.65. The Bertz CT molecular complexity index is 517. The molecule has 1 atom stereocenters. The maximum absolute atomic E-state index is 13.6. The van der Waals surface area contributed by atoms with Gasteiger partial charge in [-0.25, -0.2) is 0 Å². The fourth-order valence-electron chi connectivity index (χ4n) is 2.64. The lowest BCUT2D eigenvalue weighted by atomic mass is 10.0. The van der Waals surface area contributed by atoms with Crippen molar-refractivity contribution in [3.63, 3.8) is 0 Å². The van der Waals surface area contributed by atoms with Crippen molar-refractivity contribution in [2.75, 3.05) is 40.4 Å². The monoisotopic (exact) mass is 320 g/mol. The van der Waals surface area contributed by atoms with Gasteiger partial charge in [0.2, 0.25) is 0 Å². The average Bonchev–Trinajstić information content (AvgIpc) is 2.48. The minimum atomic E-state index is -4.53. The Hall–Kier alpha value is -1.67. The lowest BCUT2D eigenvalue weighted by molar-refractivity contribution is -0.188. The van der Waals surface area contributed by atoms with Gasteiger partial charge in [-0.05, 0) is 0 Å². The summed E-state index contributed by atoms with van der Waals surface area (Å²) in [4.78, 5) is 1.29. The van der Waals surface area contributed by atoms with Crippen LogP contribution < -0.4 is 14.8 Å². The summed E-state index contributed by atoms with van der Waals surface area (Å²) in [6.45, 7) is 1.40. The van der Waals surface area contributed by atoms with Crippen molar-refractivity contribution in [2.45, 2.75) is 12.2 Å². The quantitative estimate of drug-likeness (QED) is 0.888. The van der Waals surface area contributed by atoms with Gasteiger partial charge < -0.3 is 19.9 Å². The standard InChI is InChI=1S/C14H19F3N2O3/c1-21-9-7-10(20)12(11(8-9)22-2)13(14(15,16)17)19-5-3-18-4-6-19/h7-8,13,18,20H,3-6H2,1-2H3/t13-/m1/s1. The summed E-state index contributed by atoms with van der Waals surface area (Å²) < 4.78 is 50.8. The number of ether oxygens (including phenoxy) is 2. The Balaban J connectivity index is 2.51. The number of aromatic hydroxyl groups is 1. The van der Waals surface area contributed by atoms with E-state index in [-0.39, 0.29) is 30.2 Å². The maximum atomic E-state index is 13.6. The molecule has 0 unspecified atom stereocenters. The first-order chi connectivity index (χ1) is 10.4. The second kappa shape index (κ2) is 6.62. The second-order valence-corrected chi connectivity index (χ2v) is 4.99. The smallest absolute Gasteiger partial charge is 0.408 e. The van der Waals surface area contributed by atoms with Crippen molar-refractivity contribution < 1.29 is 27.8 Å². The predicted molar refractivity (Wildman–Crippen MR) is 74.4 cm³/mol. The Morgan fingerprint density at radius 1 is 1.18 bits per heavy atom. The number of alkyl halides is 3. The predicted octanol–water partition coefficient (Wildman–Crippen LogP) is 1.92. The molecule has 1 aliphatic rings. The summed E-state index contributed by atoms with van der Waals surface area (Å²) in [5, 5.41) is 13.1. The van der Waals surface area contributed by atoms with E-state index in [4.69, 9.17) is 9.47 Å². The molecule has 1 heterocycles. The molecule has 1 aliphatic heterocycles. The minimum absolute atomic E-state index is 0.0438. The van der Waals surface area contributed by atoms with Gasteiger partial charge in [0.25, 0.3) is 0 Å². The molecule has 5 nitrogen and oxygen atoms in total. The van der Waals surface area contributed by atoms with Gasteiger partial charge in [0.1, 0.15) is 23.3 Å². The first kappa shape index (κ1) is 16.7. The average molecular weight is 320 g/mol. The lowest BCUT2D eigenvalue weighted by Gasteiger charge is -2.36. The SMILES string of the molecule is COc1cc(O)c([C@@H](N2CCNCC2)C(F)(F)F)c(OC)c1. The summed E-state index contributed by atoms with van der Waals surface area (Å²) in [6, 6.07) is 0.588. The number of phenolic OH excluding ortho intramolecular Hbond substituents is 1. The number of halogens is 3. The molecule has 0 radical (unpaired) electrons. The topological polar surface area (TPSA) is 54.0 Å². The van der Waals surface area contributed by atoms with Gasteiger partial charge in [-0.1, -0.05) is 0 Å². The van der Waals surface area contributed by atoms with Crippen LogP contribution in [-0.2, 0) is 0 Å². The van der Waals surface area contributed by atoms with Crippen LogP contribution >= 0.6 is 0 Å². The summed E-state index contributed by atoms with van der Waals surface area (Å²) in [6.07, 6.45) is -4.53. The van der Waals surface area contributed by atoms with Crippen molar-refractivity contribution in [2.24, 2.45) is 0 Å². The highest BCUT2D eigenvalue weighted by Gasteiger charge is 2.47. The number of hydrogen-bond donors (Lipinski definition) is 2. The van der Waals surface area contributed by atoms with E-state index in [1.807, 2.05) is 0 Å². The molecule has 1 fully saturated rings. The molecule has 1 aromatic rings. The molecule has 0 saturated carbocycles. The van der Waals surface area contributed by atoms with Gasteiger partial charge in [-0.2, -0.15) is 13.2 Å². The Morgan fingerprint density at radius 2 is 1.82 bits per heavy atom. The van der Waals surface area contributed by atoms with Crippen LogP contribution in [0.3, 0.4) is 0 Å². The molecular formula is C14H19F3N2O3. The van der Waals surface area contributed by atoms with E-state index < -0.39 is 18.0 Å². The third kappa shape index (κ3) is 3.38. The van der Waals surface area contributed by atoms with Crippen LogP contribution in [0.4, 0.5) is 13.2 Å². The number of hydrogen-bond acceptors (Lipinski definition) is 5. The molecule has 124 valence electrons. The highest BCUT2D eigenvalue weighted by molar-refractivity contribution is 5.52. The highest BCUT2D eigenvalue weighted by atomic mass is 19.4. The molecule has 22 heavy (non-hydrogen) atoms. The molecule has 2 N–H and O–H groups in total. The van der Waals surface area contributed by atoms with Crippen molar-refractivity contribution in [1.29, 1.82) is 0 Å². The molecule has 0 aliphatic carbocycles. The lowest BCUT2D eigenvalue weighted by Crippen LogP contribution is -2.49. The van der Waals surface area contributed by atoms with Gasteiger partial charge in [-0.3, -0.25) is 4.90 Å². The van der Waals surface area contributed by atoms with Crippen molar-refractivity contribution in [3.8, 4) is 17.2 Å². The number of nitrogens with zero attached hydrogens (tertiary/aromatic N) is 1. The summed E-state index contributed by atoms with van der Waals surface area (Å²) in [5.41, 5.74) is -0.280. The molecule has 8 heteroatoms. The van der Waals surface area contributed by atoms with Gasteiger partial charge in [0.05, 0.1) is 19.8 Å². The van der Waals surface area contributed by atoms with Crippen molar-refractivity contribution >= 4 is 0 Å². The van der Waals surface area contributed by atoms with Gasteiger partial charge in [-0.15, -0.1) is 0 Å². The van der Waals surface area contributed by atoms with Crippen LogP contribution in [0.25, 0.3) is 0 Å². The van der Waals surface area contributed by atoms with E-state index in [9.17, 15) is 18.3 Å². The van der Waals surface area contributed by atoms with Crippen LogP contribution in [0.2, 0.25) is 0 Å². The van der Waals surface area contributed by atoms with Crippen LogP contribution in [0.15, 0.2) is 12.1 Å². The fraction of sp³-hybridized carbons (Fsp3) is 0.571. The van der Waals surface area contributed by atoms with Gasteiger partial charge in [0.15, 0.2) is 0 Å². The fourth-order valence-corrected chi connectivity index (χ4v) is 2.64. The Labute approximate surface area is 126 Å². The van der Waals surface area contributed by atoms with Crippen molar-refractivity contribution in [1.82, 2.24) is 10.2 Å². The van der Waals surface area contributed by atoms with E-state index in [0.29, 0.717) is 13.1 Å². The summed E-state index contributed by atoms with van der Waals surface area (Å²) in [7, 11) is 2.63. The zero-order valence-electron chi connectivity index (χ0n) is 12.4. The highest BCUT2D eigenvalue weighted by Crippen LogP contribution is 2.47. The second-order valence-electron chi connectivity index (χ2n) is 4.99. The van der Waals surface area contributed by atoms with Crippen LogP contribution in [0.5, 0.6) is 17.2 Å². The number of piperazine rings is 1. The first-order valence-corrected chi connectivity index (χ1v) is 6.85. The molecular weight excluding hydrogens is 301 g/mol. The summed E-state index contributed by atoms with van der Waals surface area (Å²) >= 11 is 0. The van der Waals surface area contributed by atoms with E-state index in [2.05, 4.69) is 5.32 Å². The number of methoxy groups -OCH3 is 2. The van der Waals surface area contributed by atoms with Gasteiger partial charge in [0, 0.05) is 38.3 Å². The largest absolute Gasteiger partial charge is 0.507 e. The van der Waals surface area contributed by atoms with Crippen LogP contribution in [-0.4, -0.2) is 56.6 Å². The molecule has 1 aromatic carbocycles. The minimum Gasteiger partial charge on any atom is -0.507 e.